The van der Waals surface area contributed by atoms with Crippen LogP contribution in [0.25, 0.3) is 0 Å². The van der Waals surface area contributed by atoms with Crippen LogP contribution in [0, 0.1) is 10.8 Å². The fraction of sp³-hybridized carbons (Fsp3) is 1.00. The van der Waals surface area contributed by atoms with Crippen molar-refractivity contribution < 1.29 is 0 Å². The van der Waals surface area contributed by atoms with Crippen molar-refractivity contribution >= 4 is 0 Å². The van der Waals surface area contributed by atoms with E-state index in [0.29, 0.717) is 10.8 Å². The lowest BCUT2D eigenvalue weighted by molar-refractivity contribution is 0.0157. The van der Waals surface area contributed by atoms with E-state index in [1.54, 1.807) is 0 Å². The molecule has 0 aromatic rings. The van der Waals surface area contributed by atoms with E-state index < -0.39 is 0 Å². The van der Waals surface area contributed by atoms with E-state index in [4.69, 9.17) is 0 Å². The summed E-state index contributed by atoms with van der Waals surface area (Å²) < 4.78 is 0. The zero-order valence-corrected chi connectivity index (χ0v) is 16.0. The summed E-state index contributed by atoms with van der Waals surface area (Å²) in [5.41, 5.74) is 1.21. The lowest BCUT2D eigenvalue weighted by Crippen LogP contribution is -2.57. The van der Waals surface area contributed by atoms with Crippen molar-refractivity contribution in [3.63, 3.8) is 0 Å². The Morgan fingerprint density at radius 3 is 1.25 bits per heavy atom. The molecule has 0 bridgehead atoms. The Morgan fingerprint density at radius 1 is 0.650 bits per heavy atom. The van der Waals surface area contributed by atoms with Crippen LogP contribution in [0.1, 0.15) is 101 Å². The summed E-state index contributed by atoms with van der Waals surface area (Å²) in [7, 11) is 0. The summed E-state index contributed by atoms with van der Waals surface area (Å²) in [5.74, 6) is 0. The van der Waals surface area contributed by atoms with Gasteiger partial charge in [0.25, 0.3) is 0 Å². The summed E-state index contributed by atoms with van der Waals surface area (Å²) in [5, 5.41) is 3.97. The highest BCUT2D eigenvalue weighted by atomic mass is 15.0. The molecule has 0 aliphatic heterocycles. The first-order valence-corrected chi connectivity index (χ1v) is 8.70. The van der Waals surface area contributed by atoms with Gasteiger partial charge in [0, 0.05) is 11.1 Å². The fourth-order valence-corrected chi connectivity index (χ4v) is 3.99. The lowest BCUT2D eigenvalue weighted by atomic mass is 9.57. The molecule has 0 radical (unpaired) electrons. The monoisotopic (exact) mass is 283 g/mol. The van der Waals surface area contributed by atoms with Gasteiger partial charge < -0.3 is 5.32 Å². The maximum absolute atomic E-state index is 3.97. The molecule has 0 aliphatic carbocycles. The maximum Gasteiger partial charge on any atom is 0.0186 e. The van der Waals surface area contributed by atoms with Crippen molar-refractivity contribution in [1.29, 1.82) is 0 Å². The van der Waals surface area contributed by atoms with Crippen molar-refractivity contribution in [1.82, 2.24) is 5.32 Å². The predicted octanol–water partition coefficient (Wildman–Crippen LogP) is 6.18. The van der Waals surface area contributed by atoms with Gasteiger partial charge in [-0.05, 0) is 63.7 Å². The van der Waals surface area contributed by atoms with E-state index >= 15 is 0 Å². The molecule has 0 aliphatic rings. The molecule has 0 aromatic heterocycles. The molecule has 0 atom stereocenters. The van der Waals surface area contributed by atoms with Gasteiger partial charge in [0.1, 0.15) is 0 Å². The molecule has 0 fully saturated rings. The quantitative estimate of drug-likeness (QED) is 0.588. The summed E-state index contributed by atoms with van der Waals surface area (Å²) in [6.45, 7) is 23.6. The molecule has 0 amide bonds. The molecule has 0 rings (SSSR count). The molecule has 1 N–H and O–H groups in total. The molecular weight excluding hydrogens is 242 g/mol. The van der Waals surface area contributed by atoms with Crippen molar-refractivity contribution in [2.75, 3.05) is 0 Å². The molecule has 0 heterocycles. The summed E-state index contributed by atoms with van der Waals surface area (Å²) in [6, 6.07) is 0. The van der Waals surface area contributed by atoms with E-state index in [1.807, 2.05) is 0 Å². The highest BCUT2D eigenvalue weighted by Crippen LogP contribution is 2.51. The average Bonchev–Trinajstić information content (AvgIpc) is 2.31. The second-order valence-corrected chi connectivity index (χ2v) is 8.78. The Kier molecular flexibility index (Phi) is 6.80. The van der Waals surface area contributed by atoms with Gasteiger partial charge in [0.05, 0.1) is 0 Å². The molecule has 20 heavy (non-hydrogen) atoms. The zero-order chi connectivity index (χ0) is 16.2. The second kappa shape index (κ2) is 6.81. The lowest BCUT2D eigenvalue weighted by Gasteiger charge is -2.52. The third kappa shape index (κ3) is 4.76. The Labute approximate surface area is 129 Å². The Balaban J connectivity index is 5.52. The van der Waals surface area contributed by atoms with Crippen LogP contribution in [-0.2, 0) is 0 Å². The van der Waals surface area contributed by atoms with Gasteiger partial charge in [-0.2, -0.15) is 0 Å². The van der Waals surface area contributed by atoms with E-state index in [2.05, 4.69) is 74.6 Å². The second-order valence-electron chi connectivity index (χ2n) is 8.78. The van der Waals surface area contributed by atoms with Crippen LogP contribution >= 0.6 is 0 Å². The van der Waals surface area contributed by atoms with Crippen LogP contribution in [0.5, 0.6) is 0 Å². The van der Waals surface area contributed by atoms with Crippen LogP contribution in [0.2, 0.25) is 0 Å². The topological polar surface area (TPSA) is 12.0 Å². The largest absolute Gasteiger partial charge is 0.307 e. The first-order chi connectivity index (χ1) is 8.91. The van der Waals surface area contributed by atoms with Crippen molar-refractivity contribution in [2.45, 2.75) is 112 Å². The smallest absolute Gasteiger partial charge is 0.0186 e. The number of nitrogens with one attached hydrogen (secondary N) is 1. The van der Waals surface area contributed by atoms with Gasteiger partial charge in [0.15, 0.2) is 0 Å². The van der Waals surface area contributed by atoms with Gasteiger partial charge >= 0.3 is 0 Å². The third-order valence-electron chi connectivity index (χ3n) is 5.62. The molecular formula is C19H41N. The zero-order valence-electron chi connectivity index (χ0n) is 16.0. The molecule has 122 valence electrons. The highest BCUT2D eigenvalue weighted by Gasteiger charge is 2.45. The minimum Gasteiger partial charge on any atom is -0.307 e. The minimum absolute atomic E-state index is 0.178. The van der Waals surface area contributed by atoms with E-state index in [1.165, 1.54) is 32.1 Å². The highest BCUT2D eigenvalue weighted by molar-refractivity contribution is 5.00. The Bertz CT molecular complexity index is 269. The van der Waals surface area contributed by atoms with Gasteiger partial charge in [-0.25, -0.2) is 0 Å². The molecule has 0 aromatic carbocycles. The van der Waals surface area contributed by atoms with Gasteiger partial charge in [0.2, 0.25) is 0 Å². The van der Waals surface area contributed by atoms with E-state index in [-0.39, 0.29) is 11.1 Å². The summed E-state index contributed by atoms with van der Waals surface area (Å²) >= 11 is 0. The molecule has 1 nitrogen and oxygen atoms in total. The average molecular weight is 284 g/mol. The molecule has 0 saturated heterocycles. The fourth-order valence-electron chi connectivity index (χ4n) is 3.99. The molecule has 1 heteroatoms. The van der Waals surface area contributed by atoms with Gasteiger partial charge in [-0.3, -0.25) is 0 Å². The van der Waals surface area contributed by atoms with E-state index in [9.17, 15) is 0 Å². The van der Waals surface area contributed by atoms with Crippen molar-refractivity contribution in [3.05, 3.63) is 0 Å². The van der Waals surface area contributed by atoms with E-state index in [0.717, 1.165) is 0 Å². The maximum atomic E-state index is 3.97. The molecule has 0 unspecified atom stereocenters. The van der Waals surface area contributed by atoms with Crippen LogP contribution in [0.4, 0.5) is 0 Å². The first kappa shape index (κ1) is 20.0. The van der Waals surface area contributed by atoms with Gasteiger partial charge in [-0.15, -0.1) is 0 Å². The first-order valence-electron chi connectivity index (χ1n) is 8.70. The van der Waals surface area contributed by atoms with Crippen molar-refractivity contribution in [3.8, 4) is 0 Å². The predicted molar refractivity (Wildman–Crippen MR) is 93.3 cm³/mol. The van der Waals surface area contributed by atoms with Crippen LogP contribution in [0.3, 0.4) is 0 Å². The minimum atomic E-state index is 0.178. The standard InChI is InChI=1S/C19H41N/c1-11-18(12-2,16(5,6)7)15-19(13-3,14-4)20-17(8,9)10/h20H,11-15H2,1-10H3. The normalized spacial score (nSPS) is 14.7. The van der Waals surface area contributed by atoms with Crippen LogP contribution in [0.15, 0.2) is 0 Å². The molecule has 0 saturated carbocycles. The summed E-state index contributed by atoms with van der Waals surface area (Å²) in [4.78, 5) is 0. The third-order valence-corrected chi connectivity index (χ3v) is 5.62. The number of rotatable bonds is 7. The number of hydrogen-bond donors (Lipinski definition) is 1. The Morgan fingerprint density at radius 2 is 1.05 bits per heavy atom. The SMILES string of the molecule is CCC(CC)(CC(CC)(CC)C(C)(C)C)NC(C)(C)C. The van der Waals surface area contributed by atoms with Gasteiger partial charge in [-0.1, -0.05) is 48.5 Å². The molecule has 0 spiro atoms. The number of hydrogen-bond acceptors (Lipinski definition) is 1. The van der Waals surface area contributed by atoms with Crippen LogP contribution in [-0.4, -0.2) is 11.1 Å². The summed E-state index contributed by atoms with van der Waals surface area (Å²) in [6.07, 6.45) is 6.22. The Hall–Kier alpha value is -0.0400. The van der Waals surface area contributed by atoms with Crippen LogP contribution < -0.4 is 5.32 Å². The van der Waals surface area contributed by atoms with Crippen molar-refractivity contribution in [2.24, 2.45) is 10.8 Å².